The van der Waals surface area contributed by atoms with Gasteiger partial charge < -0.3 is 9.47 Å². The summed E-state index contributed by atoms with van der Waals surface area (Å²) >= 11 is 5.54. The molecule has 122 valence electrons. The van der Waals surface area contributed by atoms with Crippen LogP contribution in [-0.4, -0.2) is 31.1 Å². The molecule has 0 N–H and O–H groups in total. The van der Waals surface area contributed by atoms with Crippen molar-refractivity contribution >= 4 is 23.5 Å². The molecule has 0 aliphatic rings. The molecule has 0 fully saturated rings. The van der Waals surface area contributed by atoms with E-state index in [0.29, 0.717) is 0 Å². The SMILES string of the molecule is COC(=O)c1c(C(F)F)nc(C(F)(F)F)c(C(=O)OC)c1Cl. The van der Waals surface area contributed by atoms with E-state index in [9.17, 15) is 31.5 Å². The van der Waals surface area contributed by atoms with Crippen LogP contribution in [0.2, 0.25) is 5.02 Å². The summed E-state index contributed by atoms with van der Waals surface area (Å²) in [7, 11) is 1.54. The molecule has 0 saturated carbocycles. The van der Waals surface area contributed by atoms with Gasteiger partial charge in [0.1, 0.15) is 16.8 Å². The van der Waals surface area contributed by atoms with Crippen LogP contribution in [0.5, 0.6) is 0 Å². The van der Waals surface area contributed by atoms with E-state index in [1.807, 2.05) is 0 Å². The summed E-state index contributed by atoms with van der Waals surface area (Å²) < 4.78 is 72.7. The van der Waals surface area contributed by atoms with Gasteiger partial charge in [-0.25, -0.2) is 23.4 Å². The number of methoxy groups -OCH3 is 2. The van der Waals surface area contributed by atoms with Crippen molar-refractivity contribution in [2.24, 2.45) is 0 Å². The van der Waals surface area contributed by atoms with E-state index in [0.717, 1.165) is 14.2 Å². The zero-order valence-corrected chi connectivity index (χ0v) is 11.7. The number of rotatable bonds is 3. The Bertz CT molecular complexity index is 617. The molecule has 5 nitrogen and oxygen atoms in total. The summed E-state index contributed by atoms with van der Waals surface area (Å²) in [5.41, 5.74) is -6.00. The van der Waals surface area contributed by atoms with Crippen LogP contribution in [0.3, 0.4) is 0 Å². The molecule has 0 bridgehead atoms. The molecular formula is C11H7ClF5NO4. The van der Waals surface area contributed by atoms with E-state index in [-0.39, 0.29) is 0 Å². The van der Waals surface area contributed by atoms with Gasteiger partial charge in [0.05, 0.1) is 19.2 Å². The van der Waals surface area contributed by atoms with E-state index in [2.05, 4.69) is 14.5 Å². The fraction of sp³-hybridized carbons (Fsp3) is 0.364. The van der Waals surface area contributed by atoms with E-state index in [1.165, 1.54) is 0 Å². The van der Waals surface area contributed by atoms with E-state index in [1.54, 1.807) is 0 Å². The van der Waals surface area contributed by atoms with E-state index in [4.69, 9.17) is 11.6 Å². The number of esters is 2. The average molecular weight is 348 g/mol. The molecule has 11 heteroatoms. The Kier molecular flexibility index (Phi) is 5.28. The summed E-state index contributed by atoms with van der Waals surface area (Å²) in [5.74, 6) is -3.05. The molecule has 0 spiro atoms. The van der Waals surface area contributed by atoms with Gasteiger partial charge in [-0.05, 0) is 0 Å². The van der Waals surface area contributed by atoms with E-state index >= 15 is 0 Å². The van der Waals surface area contributed by atoms with Crippen LogP contribution in [0.4, 0.5) is 22.0 Å². The second kappa shape index (κ2) is 6.42. The van der Waals surface area contributed by atoms with Crippen molar-refractivity contribution in [1.29, 1.82) is 0 Å². The first kappa shape index (κ1) is 18.1. The zero-order chi connectivity index (χ0) is 17.2. The summed E-state index contributed by atoms with van der Waals surface area (Å²) in [5, 5.41) is -1.17. The van der Waals surface area contributed by atoms with E-state index < -0.39 is 52.1 Å². The lowest BCUT2D eigenvalue weighted by Crippen LogP contribution is -2.22. The number of hydrogen-bond acceptors (Lipinski definition) is 5. The Morgan fingerprint density at radius 1 is 1.09 bits per heavy atom. The number of hydrogen-bond donors (Lipinski definition) is 0. The van der Waals surface area contributed by atoms with Crippen LogP contribution in [0.25, 0.3) is 0 Å². The minimum absolute atomic E-state index is 0.748. The second-order valence-electron chi connectivity index (χ2n) is 3.69. The Labute approximate surface area is 125 Å². The number of ether oxygens (including phenoxy) is 2. The van der Waals surface area contributed by atoms with Crippen molar-refractivity contribution < 1.29 is 41.0 Å². The minimum Gasteiger partial charge on any atom is -0.465 e. The second-order valence-corrected chi connectivity index (χ2v) is 4.07. The summed E-state index contributed by atoms with van der Waals surface area (Å²) in [6.45, 7) is 0. The van der Waals surface area contributed by atoms with Crippen molar-refractivity contribution in [3.63, 3.8) is 0 Å². The lowest BCUT2D eigenvalue weighted by Gasteiger charge is -2.16. The van der Waals surface area contributed by atoms with Gasteiger partial charge in [-0.15, -0.1) is 0 Å². The first-order valence-electron chi connectivity index (χ1n) is 5.31. The van der Waals surface area contributed by atoms with Crippen LogP contribution < -0.4 is 0 Å². The number of halogens is 6. The first-order chi connectivity index (χ1) is 10.1. The highest BCUT2D eigenvalue weighted by atomic mass is 35.5. The number of pyridine rings is 1. The van der Waals surface area contributed by atoms with Gasteiger partial charge in [0.15, 0.2) is 5.69 Å². The zero-order valence-electron chi connectivity index (χ0n) is 10.9. The molecule has 1 aromatic rings. The quantitative estimate of drug-likeness (QED) is 0.620. The monoisotopic (exact) mass is 347 g/mol. The topological polar surface area (TPSA) is 65.5 Å². The first-order valence-corrected chi connectivity index (χ1v) is 5.69. The minimum atomic E-state index is -5.27. The molecule has 22 heavy (non-hydrogen) atoms. The van der Waals surface area contributed by atoms with Gasteiger partial charge in [-0.3, -0.25) is 0 Å². The predicted octanol–water partition coefficient (Wildman–Crippen LogP) is 3.26. The molecular weight excluding hydrogens is 341 g/mol. The largest absolute Gasteiger partial charge is 0.465 e. The molecule has 0 atom stereocenters. The Balaban J connectivity index is 3.89. The average Bonchev–Trinajstić information content (AvgIpc) is 2.43. The number of nitrogens with zero attached hydrogens (tertiary/aromatic N) is 1. The summed E-state index contributed by atoms with van der Waals surface area (Å²) in [4.78, 5) is 25.6. The lowest BCUT2D eigenvalue weighted by molar-refractivity contribution is -0.142. The van der Waals surface area contributed by atoms with Gasteiger partial charge in [0, 0.05) is 0 Å². The molecule has 0 saturated heterocycles. The number of alkyl halides is 5. The number of aromatic nitrogens is 1. The van der Waals surface area contributed by atoms with Crippen LogP contribution in [-0.2, 0) is 15.7 Å². The highest BCUT2D eigenvalue weighted by Crippen LogP contribution is 2.39. The van der Waals surface area contributed by atoms with Crippen molar-refractivity contribution in [1.82, 2.24) is 4.98 Å². The lowest BCUT2D eigenvalue weighted by atomic mass is 10.1. The van der Waals surface area contributed by atoms with Crippen LogP contribution in [0, 0.1) is 0 Å². The smallest absolute Gasteiger partial charge is 0.434 e. The predicted molar refractivity (Wildman–Crippen MR) is 61.9 cm³/mol. The molecule has 0 radical (unpaired) electrons. The third kappa shape index (κ3) is 3.26. The third-order valence-electron chi connectivity index (χ3n) is 2.42. The molecule has 0 unspecified atom stereocenters. The highest BCUT2D eigenvalue weighted by molar-refractivity contribution is 6.36. The van der Waals surface area contributed by atoms with Gasteiger partial charge in [0.25, 0.3) is 6.43 Å². The maximum absolute atomic E-state index is 12.9. The van der Waals surface area contributed by atoms with Gasteiger partial charge in [-0.2, -0.15) is 13.2 Å². The van der Waals surface area contributed by atoms with Gasteiger partial charge in [0.2, 0.25) is 0 Å². The molecule has 0 aliphatic carbocycles. The Morgan fingerprint density at radius 2 is 1.55 bits per heavy atom. The summed E-state index contributed by atoms with van der Waals surface area (Å²) in [6, 6.07) is 0. The van der Waals surface area contributed by atoms with Gasteiger partial charge in [-0.1, -0.05) is 11.6 Å². The van der Waals surface area contributed by atoms with Crippen molar-refractivity contribution in [3.8, 4) is 0 Å². The molecule has 0 aliphatic heterocycles. The fourth-order valence-electron chi connectivity index (χ4n) is 1.52. The highest BCUT2D eigenvalue weighted by Gasteiger charge is 2.42. The van der Waals surface area contributed by atoms with Gasteiger partial charge >= 0.3 is 18.1 Å². The van der Waals surface area contributed by atoms with Crippen molar-refractivity contribution in [2.75, 3.05) is 14.2 Å². The molecule has 0 amide bonds. The molecule has 0 aromatic carbocycles. The fourth-order valence-corrected chi connectivity index (χ4v) is 1.86. The molecule has 1 aromatic heterocycles. The maximum Gasteiger partial charge on any atom is 0.434 e. The Morgan fingerprint density at radius 3 is 1.91 bits per heavy atom. The third-order valence-corrected chi connectivity index (χ3v) is 2.80. The normalized spacial score (nSPS) is 11.5. The standard InChI is InChI=1S/C11H7ClF5NO4/c1-21-9(19)3-5(12)4(10(20)22-2)7(11(15,16)17)18-6(3)8(13)14/h8H,1-2H3. The van der Waals surface area contributed by atoms with Crippen molar-refractivity contribution in [2.45, 2.75) is 12.6 Å². The Hall–Kier alpha value is -1.97. The van der Waals surface area contributed by atoms with Crippen molar-refractivity contribution in [3.05, 3.63) is 27.5 Å². The molecule has 1 heterocycles. The van der Waals surface area contributed by atoms with Crippen LogP contribution in [0.15, 0.2) is 0 Å². The maximum atomic E-state index is 12.9. The number of carbonyl (C=O) groups is 2. The molecule has 1 rings (SSSR count). The number of carbonyl (C=O) groups excluding carboxylic acids is 2. The van der Waals surface area contributed by atoms with Crippen LogP contribution >= 0.6 is 11.6 Å². The van der Waals surface area contributed by atoms with Crippen LogP contribution in [0.1, 0.15) is 38.5 Å². The summed E-state index contributed by atoms with van der Waals surface area (Å²) in [6.07, 6.45) is -8.83.